The van der Waals surface area contributed by atoms with Gasteiger partial charge in [-0.05, 0) is 18.8 Å². The molecule has 0 atom stereocenters. The van der Waals surface area contributed by atoms with Crippen LogP contribution in [0.2, 0.25) is 0 Å². The van der Waals surface area contributed by atoms with Crippen LogP contribution in [0.1, 0.15) is 46.0 Å². The maximum absolute atomic E-state index is 2.60. The van der Waals surface area contributed by atoms with Crippen molar-refractivity contribution >= 4 is 22.6 Å². The Morgan fingerprint density at radius 1 is 1.10 bits per heavy atom. The average molecular weight is 252 g/mol. The molecule has 1 saturated carbocycles. The summed E-state index contributed by atoms with van der Waals surface area (Å²) in [4.78, 5) is 0. The van der Waals surface area contributed by atoms with Gasteiger partial charge in [0.05, 0.1) is 0 Å². The Balaban J connectivity index is 2.39. The molecule has 0 bridgehead atoms. The molecule has 1 heteroatoms. The third-order valence-corrected chi connectivity index (χ3v) is 3.46. The molecule has 1 aliphatic carbocycles. The van der Waals surface area contributed by atoms with E-state index in [-0.39, 0.29) is 0 Å². The number of halogens is 1. The molecule has 0 nitrogen and oxygen atoms in total. The number of rotatable bonds is 1. The molecule has 0 radical (unpaired) electrons. The maximum atomic E-state index is 2.60. The molecule has 0 unspecified atom stereocenters. The van der Waals surface area contributed by atoms with E-state index in [1.165, 1.54) is 32.1 Å². The zero-order valence-corrected chi connectivity index (χ0v) is 9.15. The van der Waals surface area contributed by atoms with Gasteiger partial charge in [0.25, 0.3) is 0 Å². The van der Waals surface area contributed by atoms with Gasteiger partial charge in [0.2, 0.25) is 0 Å². The lowest BCUT2D eigenvalue weighted by Crippen LogP contribution is -2.25. The van der Waals surface area contributed by atoms with Crippen LogP contribution in [0, 0.1) is 5.92 Å². The molecule has 0 heterocycles. The molecule has 1 aliphatic rings. The fraction of sp³-hybridized carbons (Fsp3) is 1.00. The summed E-state index contributed by atoms with van der Waals surface area (Å²) in [5.41, 5.74) is 0. The third kappa shape index (κ3) is 2.40. The van der Waals surface area contributed by atoms with Gasteiger partial charge < -0.3 is 0 Å². The highest BCUT2D eigenvalue weighted by Crippen LogP contribution is 2.37. The molecule has 60 valence electrons. The largest absolute Gasteiger partial charge is 0.0792 e. The van der Waals surface area contributed by atoms with E-state index in [0.29, 0.717) is 3.42 Å². The Labute approximate surface area is 77.9 Å². The summed E-state index contributed by atoms with van der Waals surface area (Å²) >= 11 is 2.60. The van der Waals surface area contributed by atoms with Gasteiger partial charge in [-0.2, -0.15) is 0 Å². The first kappa shape index (κ1) is 8.82. The molecule has 0 aliphatic heterocycles. The van der Waals surface area contributed by atoms with Gasteiger partial charge in [-0.3, -0.25) is 0 Å². The summed E-state index contributed by atoms with van der Waals surface area (Å²) in [6, 6.07) is 0. The summed E-state index contributed by atoms with van der Waals surface area (Å²) in [7, 11) is 0. The van der Waals surface area contributed by atoms with Crippen LogP contribution in [-0.4, -0.2) is 3.42 Å². The monoisotopic (exact) mass is 252 g/mol. The Hall–Kier alpha value is 0.730. The van der Waals surface area contributed by atoms with Crippen LogP contribution in [-0.2, 0) is 0 Å². The molecule has 10 heavy (non-hydrogen) atoms. The van der Waals surface area contributed by atoms with Gasteiger partial charge in [-0.1, -0.05) is 55.7 Å². The first-order valence-corrected chi connectivity index (χ1v) is 5.37. The van der Waals surface area contributed by atoms with Gasteiger partial charge in [0.1, 0.15) is 0 Å². The summed E-state index contributed by atoms with van der Waals surface area (Å²) in [5.74, 6) is 0.988. The predicted octanol–water partition coefficient (Wildman–Crippen LogP) is 3.78. The van der Waals surface area contributed by atoms with Crippen LogP contribution < -0.4 is 0 Å². The molecular weight excluding hydrogens is 235 g/mol. The highest BCUT2D eigenvalue weighted by Gasteiger charge is 2.27. The molecule has 0 aromatic rings. The molecule has 0 amide bonds. The standard InChI is InChI=1S/C9H17I/c1-9(2,10)8-6-4-3-5-7-8/h8H,3-7H2,1-2H3. The predicted molar refractivity (Wildman–Crippen MR) is 54.7 cm³/mol. The van der Waals surface area contributed by atoms with Crippen LogP contribution in [0.4, 0.5) is 0 Å². The van der Waals surface area contributed by atoms with Crippen LogP contribution >= 0.6 is 22.6 Å². The lowest BCUT2D eigenvalue weighted by atomic mass is 9.82. The summed E-state index contributed by atoms with van der Waals surface area (Å²) in [6.07, 6.45) is 7.35. The fourth-order valence-corrected chi connectivity index (χ4v) is 2.41. The molecule has 1 fully saturated rings. The van der Waals surface area contributed by atoms with E-state index in [2.05, 4.69) is 36.4 Å². The van der Waals surface area contributed by atoms with Gasteiger partial charge >= 0.3 is 0 Å². The van der Waals surface area contributed by atoms with E-state index in [1.54, 1.807) is 0 Å². The van der Waals surface area contributed by atoms with Crippen molar-refractivity contribution in [2.24, 2.45) is 5.92 Å². The highest BCUT2D eigenvalue weighted by molar-refractivity contribution is 14.1. The van der Waals surface area contributed by atoms with E-state index in [4.69, 9.17) is 0 Å². The lowest BCUT2D eigenvalue weighted by molar-refractivity contribution is 0.314. The maximum Gasteiger partial charge on any atom is 0.0194 e. The lowest BCUT2D eigenvalue weighted by Gasteiger charge is -2.32. The van der Waals surface area contributed by atoms with Gasteiger partial charge in [-0.25, -0.2) is 0 Å². The Kier molecular flexibility index (Phi) is 3.02. The van der Waals surface area contributed by atoms with E-state index in [9.17, 15) is 0 Å². The van der Waals surface area contributed by atoms with Crippen LogP contribution in [0.5, 0.6) is 0 Å². The zero-order chi connectivity index (χ0) is 7.61. The van der Waals surface area contributed by atoms with E-state index in [0.717, 1.165) is 5.92 Å². The molecule has 1 rings (SSSR count). The average Bonchev–Trinajstić information content (AvgIpc) is 1.88. The molecule has 0 aromatic carbocycles. The molecule has 0 spiro atoms. The SMILES string of the molecule is CC(C)(I)C1CCCCC1. The second-order valence-corrected chi connectivity index (χ2v) is 6.68. The second-order valence-electron chi connectivity index (χ2n) is 3.90. The summed E-state index contributed by atoms with van der Waals surface area (Å²) < 4.78 is 0.540. The van der Waals surface area contributed by atoms with Crippen molar-refractivity contribution in [1.29, 1.82) is 0 Å². The Bertz CT molecular complexity index is 95.8. The van der Waals surface area contributed by atoms with Crippen molar-refractivity contribution in [3.05, 3.63) is 0 Å². The number of alkyl halides is 1. The van der Waals surface area contributed by atoms with Crippen molar-refractivity contribution in [2.75, 3.05) is 0 Å². The Morgan fingerprint density at radius 2 is 1.60 bits per heavy atom. The zero-order valence-electron chi connectivity index (χ0n) is 6.99. The minimum Gasteiger partial charge on any atom is -0.0792 e. The smallest absolute Gasteiger partial charge is 0.0194 e. The molecular formula is C9H17I. The van der Waals surface area contributed by atoms with Crippen molar-refractivity contribution in [3.63, 3.8) is 0 Å². The van der Waals surface area contributed by atoms with Gasteiger partial charge in [0.15, 0.2) is 0 Å². The normalized spacial score (nSPS) is 23.1. The Morgan fingerprint density at radius 3 is 1.90 bits per heavy atom. The van der Waals surface area contributed by atoms with E-state index >= 15 is 0 Å². The highest BCUT2D eigenvalue weighted by atomic mass is 127. The molecule has 0 saturated heterocycles. The first-order valence-electron chi connectivity index (χ1n) is 4.29. The van der Waals surface area contributed by atoms with Crippen molar-refractivity contribution < 1.29 is 0 Å². The molecule has 0 aromatic heterocycles. The van der Waals surface area contributed by atoms with Crippen molar-refractivity contribution in [1.82, 2.24) is 0 Å². The van der Waals surface area contributed by atoms with Gasteiger partial charge in [-0.15, -0.1) is 0 Å². The second kappa shape index (κ2) is 3.42. The van der Waals surface area contributed by atoms with Crippen molar-refractivity contribution in [3.8, 4) is 0 Å². The van der Waals surface area contributed by atoms with Crippen LogP contribution in [0.25, 0.3) is 0 Å². The molecule has 0 N–H and O–H groups in total. The topological polar surface area (TPSA) is 0 Å². The van der Waals surface area contributed by atoms with Crippen molar-refractivity contribution in [2.45, 2.75) is 49.4 Å². The quantitative estimate of drug-likeness (QED) is 0.492. The first-order chi connectivity index (χ1) is 4.61. The minimum absolute atomic E-state index is 0.540. The number of hydrogen-bond acceptors (Lipinski definition) is 0. The minimum atomic E-state index is 0.540. The van der Waals surface area contributed by atoms with E-state index in [1.807, 2.05) is 0 Å². The van der Waals surface area contributed by atoms with E-state index < -0.39 is 0 Å². The third-order valence-electron chi connectivity index (χ3n) is 2.58. The van der Waals surface area contributed by atoms with Crippen LogP contribution in [0.15, 0.2) is 0 Å². The van der Waals surface area contributed by atoms with Gasteiger partial charge in [0, 0.05) is 3.42 Å². The van der Waals surface area contributed by atoms with Crippen LogP contribution in [0.3, 0.4) is 0 Å². The fourth-order valence-electron chi connectivity index (χ4n) is 1.79. The summed E-state index contributed by atoms with van der Waals surface area (Å²) in [5, 5.41) is 0. The summed E-state index contributed by atoms with van der Waals surface area (Å²) in [6.45, 7) is 4.73. The number of hydrogen-bond donors (Lipinski definition) is 0.